The van der Waals surface area contributed by atoms with Crippen molar-refractivity contribution in [3.63, 3.8) is 0 Å². The number of nitrogens with one attached hydrogen (secondary N) is 2. The van der Waals surface area contributed by atoms with Gasteiger partial charge in [-0.2, -0.15) is 0 Å². The number of rotatable bonds is 14. The first-order valence-corrected chi connectivity index (χ1v) is 13.4. The predicted molar refractivity (Wildman–Crippen MR) is 152 cm³/mol. The monoisotopic (exact) mass is 538 g/mol. The standard InChI is InChI=1S/C32H34N4O4/c37-31(39-23-7-17-35-29(25-9-3-1-4-10-25)27-13-19-33-20-14-27)32(38)40-24-8-18-36-30(26-11-5-2-6-12-26)28-15-21-34-22-16-28/h1-6,9-16,19-22,29-30,35-36H,7-8,17-18,23-24H2. The van der Waals surface area contributed by atoms with Gasteiger partial charge in [0.2, 0.25) is 0 Å². The second-order valence-electron chi connectivity index (χ2n) is 9.14. The van der Waals surface area contributed by atoms with Crippen LogP contribution in [0.2, 0.25) is 0 Å². The van der Waals surface area contributed by atoms with Crippen molar-refractivity contribution in [2.75, 3.05) is 26.3 Å². The Hall–Kier alpha value is -4.40. The van der Waals surface area contributed by atoms with E-state index in [2.05, 4.69) is 44.9 Å². The van der Waals surface area contributed by atoms with Crippen molar-refractivity contribution in [3.05, 3.63) is 132 Å². The molecule has 0 aliphatic heterocycles. The molecule has 40 heavy (non-hydrogen) atoms. The molecule has 2 atom stereocenters. The number of carbonyl (C=O) groups excluding carboxylic acids is 2. The average Bonchev–Trinajstić information content (AvgIpc) is 3.02. The fourth-order valence-corrected chi connectivity index (χ4v) is 4.34. The third-order valence-electron chi connectivity index (χ3n) is 6.32. The maximum absolute atomic E-state index is 12.1. The molecule has 2 heterocycles. The smallest absolute Gasteiger partial charge is 0.417 e. The highest BCUT2D eigenvalue weighted by Crippen LogP contribution is 2.22. The van der Waals surface area contributed by atoms with Crippen LogP contribution < -0.4 is 10.6 Å². The highest BCUT2D eigenvalue weighted by molar-refractivity contribution is 6.29. The quantitative estimate of drug-likeness (QED) is 0.138. The number of hydrogen-bond donors (Lipinski definition) is 2. The summed E-state index contributed by atoms with van der Waals surface area (Å²) in [4.78, 5) is 32.4. The van der Waals surface area contributed by atoms with E-state index in [0.29, 0.717) is 25.9 Å². The maximum atomic E-state index is 12.1. The summed E-state index contributed by atoms with van der Waals surface area (Å²) in [5.74, 6) is -1.94. The summed E-state index contributed by atoms with van der Waals surface area (Å²) in [5.41, 5.74) is 4.43. The fraction of sp³-hybridized carbons (Fsp3) is 0.250. The second kappa shape index (κ2) is 15.9. The lowest BCUT2D eigenvalue weighted by atomic mass is 9.99. The van der Waals surface area contributed by atoms with Crippen molar-refractivity contribution in [1.29, 1.82) is 0 Å². The zero-order valence-corrected chi connectivity index (χ0v) is 22.3. The number of ether oxygens (including phenoxy) is 2. The Labute approximate surface area is 234 Å². The van der Waals surface area contributed by atoms with E-state index < -0.39 is 11.9 Å². The van der Waals surface area contributed by atoms with Crippen molar-refractivity contribution >= 4 is 11.9 Å². The van der Waals surface area contributed by atoms with E-state index in [0.717, 1.165) is 22.3 Å². The van der Waals surface area contributed by atoms with E-state index in [1.165, 1.54) is 0 Å². The lowest BCUT2D eigenvalue weighted by Gasteiger charge is -2.20. The van der Waals surface area contributed by atoms with Crippen LogP contribution in [0.25, 0.3) is 0 Å². The van der Waals surface area contributed by atoms with Crippen LogP contribution in [0.5, 0.6) is 0 Å². The predicted octanol–water partition coefficient (Wildman–Crippen LogP) is 4.40. The van der Waals surface area contributed by atoms with Gasteiger partial charge in [0.25, 0.3) is 0 Å². The van der Waals surface area contributed by atoms with Crippen molar-refractivity contribution < 1.29 is 19.1 Å². The number of pyridine rings is 2. The molecule has 0 radical (unpaired) electrons. The van der Waals surface area contributed by atoms with Crippen LogP contribution in [0.1, 0.15) is 47.2 Å². The molecule has 2 aromatic carbocycles. The van der Waals surface area contributed by atoms with Gasteiger partial charge in [-0.25, -0.2) is 9.59 Å². The Kier molecular flexibility index (Phi) is 11.4. The van der Waals surface area contributed by atoms with Crippen LogP contribution >= 0.6 is 0 Å². The molecule has 2 aromatic heterocycles. The largest absolute Gasteiger partial charge is 0.457 e. The van der Waals surface area contributed by atoms with Crippen LogP contribution in [-0.4, -0.2) is 48.2 Å². The van der Waals surface area contributed by atoms with Crippen molar-refractivity contribution in [2.24, 2.45) is 0 Å². The summed E-state index contributed by atoms with van der Waals surface area (Å²) in [5, 5.41) is 6.98. The first-order valence-electron chi connectivity index (χ1n) is 13.4. The number of aromatic nitrogens is 2. The van der Waals surface area contributed by atoms with Crippen LogP contribution in [0.3, 0.4) is 0 Å². The van der Waals surface area contributed by atoms with Gasteiger partial charge in [0.15, 0.2) is 0 Å². The van der Waals surface area contributed by atoms with Crippen molar-refractivity contribution in [2.45, 2.75) is 24.9 Å². The molecule has 2 unspecified atom stereocenters. The van der Waals surface area contributed by atoms with Gasteiger partial charge in [0, 0.05) is 24.8 Å². The highest BCUT2D eigenvalue weighted by Gasteiger charge is 2.18. The van der Waals surface area contributed by atoms with E-state index in [1.54, 1.807) is 24.8 Å². The second-order valence-corrected chi connectivity index (χ2v) is 9.14. The van der Waals surface area contributed by atoms with Crippen LogP contribution in [0.15, 0.2) is 110 Å². The summed E-state index contributed by atoms with van der Waals surface area (Å²) in [6.45, 7) is 1.42. The molecule has 8 nitrogen and oxygen atoms in total. The molecule has 8 heteroatoms. The maximum Gasteiger partial charge on any atom is 0.417 e. The molecule has 0 fully saturated rings. The summed E-state index contributed by atoms with van der Waals surface area (Å²) >= 11 is 0. The molecule has 0 saturated heterocycles. The summed E-state index contributed by atoms with van der Waals surface area (Å²) < 4.78 is 10.2. The van der Waals surface area contributed by atoms with Crippen molar-refractivity contribution in [1.82, 2.24) is 20.6 Å². The molecule has 0 saturated carbocycles. The topological polar surface area (TPSA) is 102 Å². The Morgan fingerprint density at radius 2 is 0.900 bits per heavy atom. The highest BCUT2D eigenvalue weighted by atomic mass is 16.6. The number of nitrogens with zero attached hydrogens (tertiary/aromatic N) is 2. The van der Waals surface area contributed by atoms with Gasteiger partial charge in [0.05, 0.1) is 25.3 Å². The third-order valence-corrected chi connectivity index (χ3v) is 6.32. The molecule has 4 aromatic rings. The minimum absolute atomic E-state index is 0.0153. The number of hydrogen-bond acceptors (Lipinski definition) is 8. The van der Waals surface area contributed by atoms with Crippen LogP contribution in [0.4, 0.5) is 0 Å². The molecule has 2 N–H and O–H groups in total. The van der Waals surface area contributed by atoms with Gasteiger partial charge >= 0.3 is 11.9 Å². The van der Waals surface area contributed by atoms with Crippen LogP contribution in [0, 0.1) is 0 Å². The Bertz CT molecular complexity index is 1110. The van der Waals surface area contributed by atoms with E-state index in [9.17, 15) is 9.59 Å². The Morgan fingerprint density at radius 1 is 0.550 bits per heavy atom. The molecular weight excluding hydrogens is 504 g/mol. The normalized spacial score (nSPS) is 12.3. The average molecular weight is 539 g/mol. The van der Waals surface area contributed by atoms with E-state index >= 15 is 0 Å². The minimum atomic E-state index is -0.972. The molecule has 4 rings (SSSR count). The van der Waals surface area contributed by atoms with Gasteiger partial charge in [0.1, 0.15) is 0 Å². The SMILES string of the molecule is O=C(OCCCNC(c1ccccc1)c1ccncc1)C(=O)OCCCNC(c1ccccc1)c1ccncc1. The van der Waals surface area contributed by atoms with Gasteiger partial charge in [-0.1, -0.05) is 60.7 Å². The van der Waals surface area contributed by atoms with E-state index in [-0.39, 0.29) is 25.3 Å². The zero-order chi connectivity index (χ0) is 27.8. The lowest BCUT2D eigenvalue weighted by Crippen LogP contribution is -2.27. The van der Waals surface area contributed by atoms with E-state index in [4.69, 9.17) is 9.47 Å². The minimum Gasteiger partial charge on any atom is -0.457 e. The van der Waals surface area contributed by atoms with Gasteiger partial charge < -0.3 is 20.1 Å². The number of esters is 2. The number of carbonyl (C=O) groups is 2. The summed E-state index contributed by atoms with van der Waals surface area (Å²) in [6.07, 6.45) is 8.15. The molecule has 0 aliphatic carbocycles. The molecular formula is C32H34N4O4. The zero-order valence-electron chi connectivity index (χ0n) is 22.3. The third kappa shape index (κ3) is 8.83. The van der Waals surface area contributed by atoms with Gasteiger partial charge in [-0.05, 0) is 72.5 Å². The summed E-state index contributed by atoms with van der Waals surface area (Å²) in [7, 11) is 0. The first kappa shape index (κ1) is 28.6. The molecule has 206 valence electrons. The molecule has 0 bridgehead atoms. The first-order chi connectivity index (χ1) is 19.7. The van der Waals surface area contributed by atoms with E-state index in [1.807, 2.05) is 60.7 Å². The van der Waals surface area contributed by atoms with Crippen molar-refractivity contribution in [3.8, 4) is 0 Å². The number of benzene rings is 2. The van der Waals surface area contributed by atoms with Gasteiger partial charge in [-0.15, -0.1) is 0 Å². The lowest BCUT2D eigenvalue weighted by molar-refractivity contribution is -0.167. The van der Waals surface area contributed by atoms with Crippen LogP contribution in [-0.2, 0) is 19.1 Å². The molecule has 0 spiro atoms. The fourth-order valence-electron chi connectivity index (χ4n) is 4.34. The Balaban J connectivity index is 1.14. The summed E-state index contributed by atoms with van der Waals surface area (Å²) in [6, 6.07) is 28.0. The molecule has 0 amide bonds. The van der Waals surface area contributed by atoms with Gasteiger partial charge in [-0.3, -0.25) is 9.97 Å². The molecule has 0 aliphatic rings. The Morgan fingerprint density at radius 3 is 1.27 bits per heavy atom.